The largest absolute Gasteiger partial charge is 0.497 e. The van der Waals surface area contributed by atoms with Crippen LogP contribution in [0.1, 0.15) is 19.4 Å². The fourth-order valence-electron chi connectivity index (χ4n) is 3.95. The van der Waals surface area contributed by atoms with Crippen molar-refractivity contribution in [3.05, 3.63) is 83.4 Å². The molecular formula is C28H32ClN3O6S. The summed E-state index contributed by atoms with van der Waals surface area (Å²) in [6.07, 6.45) is 0. The lowest BCUT2D eigenvalue weighted by Gasteiger charge is -2.32. The number of likely N-dealkylation sites (N-methyl/N-ethyl adjacent to an activating group) is 1. The van der Waals surface area contributed by atoms with Crippen molar-refractivity contribution in [1.29, 1.82) is 0 Å². The van der Waals surface area contributed by atoms with Gasteiger partial charge in [-0.3, -0.25) is 13.9 Å². The van der Waals surface area contributed by atoms with Gasteiger partial charge in [-0.1, -0.05) is 35.9 Å². The predicted octanol–water partition coefficient (Wildman–Crippen LogP) is 4.11. The number of sulfonamides is 1. The highest BCUT2D eigenvalue weighted by atomic mass is 35.5. The van der Waals surface area contributed by atoms with Crippen LogP contribution in [0.25, 0.3) is 0 Å². The molecule has 9 nitrogen and oxygen atoms in total. The molecule has 11 heteroatoms. The van der Waals surface area contributed by atoms with Gasteiger partial charge in [-0.15, -0.1) is 0 Å². The Bertz CT molecular complexity index is 1400. The maximum Gasteiger partial charge on any atom is 0.264 e. The van der Waals surface area contributed by atoms with Crippen LogP contribution in [-0.2, 0) is 26.2 Å². The minimum atomic E-state index is -4.25. The van der Waals surface area contributed by atoms with Gasteiger partial charge in [0.25, 0.3) is 10.0 Å². The topological polar surface area (TPSA) is 105 Å². The van der Waals surface area contributed by atoms with Crippen LogP contribution in [0.2, 0.25) is 5.02 Å². The number of ether oxygens (including phenoxy) is 2. The summed E-state index contributed by atoms with van der Waals surface area (Å²) < 4.78 is 39.8. The number of carbonyl (C=O) groups excluding carboxylic acids is 2. The number of hydrogen-bond acceptors (Lipinski definition) is 6. The summed E-state index contributed by atoms with van der Waals surface area (Å²) in [6, 6.07) is 18.5. The van der Waals surface area contributed by atoms with E-state index in [2.05, 4.69) is 5.32 Å². The molecule has 3 aromatic rings. The molecule has 0 aromatic heterocycles. The van der Waals surface area contributed by atoms with Crippen molar-refractivity contribution in [2.45, 2.75) is 31.3 Å². The zero-order chi connectivity index (χ0) is 28.6. The van der Waals surface area contributed by atoms with E-state index in [-0.39, 0.29) is 23.7 Å². The number of nitrogens with one attached hydrogen (secondary N) is 1. The number of amides is 2. The van der Waals surface area contributed by atoms with Gasteiger partial charge in [0.2, 0.25) is 11.8 Å². The number of benzene rings is 3. The molecule has 3 rings (SSSR count). The maximum absolute atomic E-state index is 13.9. The first-order valence-electron chi connectivity index (χ1n) is 12.3. The number of methoxy groups -OCH3 is 1. The van der Waals surface area contributed by atoms with Gasteiger partial charge < -0.3 is 19.7 Å². The monoisotopic (exact) mass is 573 g/mol. The Morgan fingerprint density at radius 2 is 1.72 bits per heavy atom. The number of hydrogen-bond donors (Lipinski definition) is 1. The van der Waals surface area contributed by atoms with E-state index in [1.165, 1.54) is 43.3 Å². The van der Waals surface area contributed by atoms with Gasteiger partial charge >= 0.3 is 0 Å². The summed E-state index contributed by atoms with van der Waals surface area (Å²) in [7, 11) is -1.24. The Morgan fingerprint density at radius 3 is 2.36 bits per heavy atom. The second kappa shape index (κ2) is 13.3. The lowest BCUT2D eigenvalue weighted by molar-refractivity contribution is -0.139. The Morgan fingerprint density at radius 1 is 1.03 bits per heavy atom. The van der Waals surface area contributed by atoms with E-state index in [1.54, 1.807) is 62.4 Å². The number of nitrogens with zero attached hydrogens (tertiary/aromatic N) is 2. The van der Waals surface area contributed by atoms with Crippen molar-refractivity contribution in [3.63, 3.8) is 0 Å². The fourth-order valence-corrected chi connectivity index (χ4v) is 5.50. The molecule has 0 saturated carbocycles. The Labute approximate surface area is 234 Å². The van der Waals surface area contributed by atoms with Crippen molar-refractivity contribution < 1.29 is 27.5 Å². The molecule has 0 radical (unpaired) electrons. The zero-order valence-electron chi connectivity index (χ0n) is 22.3. The minimum absolute atomic E-state index is 0.0482. The van der Waals surface area contributed by atoms with Crippen LogP contribution in [0.15, 0.2) is 77.7 Å². The first kappa shape index (κ1) is 29.8. The van der Waals surface area contributed by atoms with E-state index >= 15 is 0 Å². The van der Waals surface area contributed by atoms with Crippen LogP contribution < -0.4 is 19.1 Å². The molecule has 0 spiro atoms. The lowest BCUT2D eigenvalue weighted by Crippen LogP contribution is -2.50. The number of rotatable bonds is 12. The average Bonchev–Trinajstić information content (AvgIpc) is 2.94. The number of carbonyl (C=O) groups is 2. The number of anilines is 1. The zero-order valence-corrected chi connectivity index (χ0v) is 23.8. The molecule has 1 N–H and O–H groups in total. The van der Waals surface area contributed by atoms with E-state index in [1.807, 2.05) is 0 Å². The van der Waals surface area contributed by atoms with Crippen LogP contribution in [0.3, 0.4) is 0 Å². The second-order valence-electron chi connectivity index (χ2n) is 8.53. The molecule has 3 aromatic carbocycles. The number of para-hydroxylation sites is 2. The summed E-state index contributed by atoms with van der Waals surface area (Å²) in [5.41, 5.74) is 0.900. The van der Waals surface area contributed by atoms with Gasteiger partial charge in [0.05, 0.1) is 24.3 Å². The number of halogens is 1. The van der Waals surface area contributed by atoms with Crippen LogP contribution in [-0.4, -0.2) is 58.5 Å². The standard InChI is InChI=1S/C28H32ClN3O6S/c1-5-38-26-12-7-6-11-25(26)32(39(35,36)24-15-13-22(29)14-16-24)19-27(33)31(20(2)28(34)30-3)18-21-9-8-10-23(17-21)37-4/h6-17,20H,5,18-19H2,1-4H3,(H,30,34)/t20-/m1/s1. The molecule has 0 heterocycles. The van der Waals surface area contributed by atoms with Crippen LogP contribution >= 0.6 is 11.6 Å². The fraction of sp³-hybridized carbons (Fsp3) is 0.286. The Kier molecular flexibility index (Phi) is 10.2. The van der Waals surface area contributed by atoms with Crippen molar-refractivity contribution in [1.82, 2.24) is 10.2 Å². The van der Waals surface area contributed by atoms with Crippen LogP contribution in [0.4, 0.5) is 5.69 Å². The second-order valence-corrected chi connectivity index (χ2v) is 10.8. The summed E-state index contributed by atoms with van der Waals surface area (Å²) >= 11 is 5.99. The van der Waals surface area contributed by atoms with Crippen molar-refractivity contribution in [2.75, 3.05) is 31.6 Å². The third kappa shape index (κ3) is 7.21. The van der Waals surface area contributed by atoms with Gasteiger partial charge in [0.15, 0.2) is 0 Å². The van der Waals surface area contributed by atoms with Crippen molar-refractivity contribution in [2.24, 2.45) is 0 Å². The summed E-state index contributed by atoms with van der Waals surface area (Å²) in [6.45, 7) is 3.12. The van der Waals surface area contributed by atoms with Crippen LogP contribution in [0.5, 0.6) is 11.5 Å². The van der Waals surface area contributed by atoms with Gasteiger partial charge in [0, 0.05) is 18.6 Å². The minimum Gasteiger partial charge on any atom is -0.497 e. The molecule has 0 aliphatic heterocycles. The van der Waals surface area contributed by atoms with Crippen molar-refractivity contribution in [3.8, 4) is 11.5 Å². The van der Waals surface area contributed by atoms with Gasteiger partial charge in [0.1, 0.15) is 24.1 Å². The first-order chi connectivity index (χ1) is 18.6. The molecule has 0 unspecified atom stereocenters. The van der Waals surface area contributed by atoms with Crippen molar-refractivity contribution >= 4 is 39.1 Å². The summed E-state index contributed by atoms with van der Waals surface area (Å²) in [5.74, 6) is -0.0973. The quantitative estimate of drug-likeness (QED) is 0.350. The van der Waals surface area contributed by atoms with Gasteiger partial charge in [-0.05, 0) is 67.9 Å². The molecule has 0 saturated heterocycles. The molecule has 1 atom stereocenters. The highest BCUT2D eigenvalue weighted by Crippen LogP contribution is 2.33. The highest BCUT2D eigenvalue weighted by Gasteiger charge is 2.33. The molecule has 0 fully saturated rings. The Hall–Kier alpha value is -3.76. The van der Waals surface area contributed by atoms with E-state index in [9.17, 15) is 18.0 Å². The lowest BCUT2D eigenvalue weighted by atomic mass is 10.1. The van der Waals surface area contributed by atoms with Gasteiger partial charge in [-0.2, -0.15) is 0 Å². The smallest absolute Gasteiger partial charge is 0.264 e. The maximum atomic E-state index is 13.9. The third-order valence-corrected chi connectivity index (χ3v) is 8.04. The normalized spacial score (nSPS) is 11.8. The summed E-state index contributed by atoms with van der Waals surface area (Å²) in [5, 5.41) is 2.93. The average molecular weight is 574 g/mol. The van der Waals surface area contributed by atoms with E-state index < -0.39 is 34.4 Å². The third-order valence-electron chi connectivity index (χ3n) is 6.02. The molecule has 0 aliphatic rings. The predicted molar refractivity (Wildman–Crippen MR) is 151 cm³/mol. The molecule has 39 heavy (non-hydrogen) atoms. The van der Waals surface area contributed by atoms with E-state index in [4.69, 9.17) is 21.1 Å². The van der Waals surface area contributed by atoms with E-state index in [0.29, 0.717) is 22.1 Å². The molecule has 0 bridgehead atoms. The summed E-state index contributed by atoms with van der Waals surface area (Å²) in [4.78, 5) is 27.8. The molecule has 2 amide bonds. The molecular weight excluding hydrogens is 542 g/mol. The molecule has 208 valence electrons. The first-order valence-corrected chi connectivity index (χ1v) is 14.1. The van der Waals surface area contributed by atoms with Gasteiger partial charge in [-0.25, -0.2) is 8.42 Å². The molecule has 0 aliphatic carbocycles. The SMILES string of the molecule is CCOc1ccccc1N(CC(=O)N(Cc1cccc(OC)c1)[C@H](C)C(=O)NC)S(=O)(=O)c1ccc(Cl)cc1. The Balaban J connectivity index is 2.08. The van der Waals surface area contributed by atoms with E-state index in [0.717, 1.165) is 4.31 Å². The van der Waals surface area contributed by atoms with Crippen LogP contribution in [0, 0.1) is 0 Å². The highest BCUT2D eigenvalue weighted by molar-refractivity contribution is 7.92.